The first-order valence-electron chi connectivity index (χ1n) is 7.75. The van der Waals surface area contributed by atoms with E-state index in [1.165, 1.54) is 0 Å². The van der Waals surface area contributed by atoms with E-state index in [1.807, 2.05) is 24.4 Å². The second kappa shape index (κ2) is 7.51. The van der Waals surface area contributed by atoms with Crippen molar-refractivity contribution in [2.45, 2.75) is 19.3 Å². The summed E-state index contributed by atoms with van der Waals surface area (Å²) >= 11 is 0. The van der Waals surface area contributed by atoms with Gasteiger partial charge in [-0.05, 0) is 49.9 Å². The molecule has 1 spiro atoms. The molecule has 6 nitrogen and oxygen atoms in total. The van der Waals surface area contributed by atoms with Crippen molar-refractivity contribution >= 4 is 36.5 Å². The Labute approximate surface area is 153 Å². The maximum Gasteiger partial charge on any atom is 0.229 e. The summed E-state index contributed by atoms with van der Waals surface area (Å²) in [5.74, 6) is 0.875. The van der Waals surface area contributed by atoms with Crippen molar-refractivity contribution < 1.29 is 4.79 Å². The lowest BCUT2D eigenvalue weighted by atomic mass is 9.92. The summed E-state index contributed by atoms with van der Waals surface area (Å²) in [6.45, 7) is 2.06. The van der Waals surface area contributed by atoms with Crippen LogP contribution in [0.4, 0.5) is 5.82 Å². The molecule has 0 radical (unpaired) electrons. The van der Waals surface area contributed by atoms with Gasteiger partial charge in [0.25, 0.3) is 0 Å². The normalized spacial score (nSPS) is 20.6. The smallest absolute Gasteiger partial charge is 0.229 e. The van der Waals surface area contributed by atoms with E-state index in [0.29, 0.717) is 5.82 Å². The highest BCUT2D eigenvalue weighted by Crippen LogP contribution is 2.58. The molecule has 1 atom stereocenters. The van der Waals surface area contributed by atoms with Gasteiger partial charge in [0.15, 0.2) is 5.82 Å². The van der Waals surface area contributed by atoms with E-state index in [2.05, 4.69) is 20.7 Å². The molecule has 1 unspecified atom stereocenters. The van der Waals surface area contributed by atoms with Crippen molar-refractivity contribution in [1.29, 1.82) is 0 Å². The third-order valence-corrected chi connectivity index (χ3v) is 4.87. The number of pyridine rings is 1. The quantitative estimate of drug-likeness (QED) is 0.871. The van der Waals surface area contributed by atoms with Gasteiger partial charge in [0.1, 0.15) is 0 Å². The molecule has 2 N–H and O–H groups in total. The lowest BCUT2D eigenvalue weighted by molar-refractivity contribution is -0.118. The molecule has 0 aromatic carbocycles. The highest BCUT2D eigenvalue weighted by Gasteiger charge is 2.57. The molecule has 1 saturated carbocycles. The maximum absolute atomic E-state index is 12.4. The van der Waals surface area contributed by atoms with Gasteiger partial charge in [0, 0.05) is 30.6 Å². The van der Waals surface area contributed by atoms with Crippen molar-refractivity contribution in [3.05, 3.63) is 36.8 Å². The van der Waals surface area contributed by atoms with Gasteiger partial charge in [-0.3, -0.25) is 9.78 Å². The molecule has 2 fully saturated rings. The molecule has 1 amide bonds. The molecule has 0 bridgehead atoms. The maximum atomic E-state index is 12.4. The minimum absolute atomic E-state index is 0. The van der Waals surface area contributed by atoms with E-state index in [-0.39, 0.29) is 42.1 Å². The first-order valence-corrected chi connectivity index (χ1v) is 7.75. The summed E-state index contributed by atoms with van der Waals surface area (Å²) in [4.78, 5) is 16.4. The highest BCUT2D eigenvalue weighted by atomic mass is 35.5. The van der Waals surface area contributed by atoms with E-state index in [9.17, 15) is 4.79 Å². The predicted molar refractivity (Wildman–Crippen MR) is 97.1 cm³/mol. The molecule has 2 aliphatic rings. The summed E-state index contributed by atoms with van der Waals surface area (Å²) in [6.07, 6.45) is 8.53. The third kappa shape index (κ3) is 3.55. The topological polar surface area (TPSA) is 71.8 Å². The average molecular weight is 370 g/mol. The Morgan fingerprint density at radius 3 is 2.62 bits per heavy atom. The van der Waals surface area contributed by atoms with Crippen molar-refractivity contribution in [2.75, 3.05) is 18.4 Å². The van der Waals surface area contributed by atoms with Crippen LogP contribution in [0.25, 0.3) is 5.69 Å². The number of anilines is 1. The fourth-order valence-electron chi connectivity index (χ4n) is 3.44. The highest BCUT2D eigenvalue weighted by molar-refractivity contribution is 5.94. The molecule has 1 saturated heterocycles. The van der Waals surface area contributed by atoms with Gasteiger partial charge in [-0.1, -0.05) is 0 Å². The van der Waals surface area contributed by atoms with Crippen LogP contribution < -0.4 is 10.6 Å². The van der Waals surface area contributed by atoms with Gasteiger partial charge in [-0.2, -0.15) is 5.10 Å². The number of nitrogens with one attached hydrogen (secondary N) is 2. The molecule has 3 heterocycles. The monoisotopic (exact) mass is 369 g/mol. The zero-order valence-electron chi connectivity index (χ0n) is 13.1. The summed E-state index contributed by atoms with van der Waals surface area (Å²) in [6, 6.07) is 5.59. The molecule has 2 aromatic heterocycles. The van der Waals surface area contributed by atoms with Crippen molar-refractivity contribution in [3.63, 3.8) is 0 Å². The first kappa shape index (κ1) is 18.7. The Morgan fingerprint density at radius 1 is 1.21 bits per heavy atom. The largest absolute Gasteiger partial charge is 0.317 e. The molecule has 8 heteroatoms. The molecule has 24 heavy (non-hydrogen) atoms. The molecule has 1 aliphatic heterocycles. The van der Waals surface area contributed by atoms with Gasteiger partial charge in [-0.15, -0.1) is 24.8 Å². The van der Waals surface area contributed by atoms with Crippen LogP contribution in [0.2, 0.25) is 0 Å². The summed E-state index contributed by atoms with van der Waals surface area (Å²) in [7, 11) is 0. The molecular formula is C16H21Cl2N5O. The van der Waals surface area contributed by atoms with Gasteiger partial charge in [0.05, 0.1) is 5.69 Å². The number of aromatic nitrogens is 3. The van der Waals surface area contributed by atoms with Gasteiger partial charge < -0.3 is 10.6 Å². The third-order valence-electron chi connectivity index (χ3n) is 4.87. The molecule has 130 valence electrons. The minimum Gasteiger partial charge on any atom is -0.317 e. The number of rotatable bonds is 3. The molecular weight excluding hydrogens is 349 g/mol. The van der Waals surface area contributed by atoms with Crippen LogP contribution in [-0.2, 0) is 4.79 Å². The zero-order chi connectivity index (χ0) is 15.0. The molecule has 1 aliphatic carbocycles. The van der Waals surface area contributed by atoms with Crippen LogP contribution in [0.5, 0.6) is 0 Å². The number of halogens is 2. The van der Waals surface area contributed by atoms with Crippen LogP contribution in [0, 0.1) is 11.3 Å². The lowest BCUT2D eigenvalue weighted by Crippen LogP contribution is -2.31. The van der Waals surface area contributed by atoms with E-state index in [4.69, 9.17) is 0 Å². The van der Waals surface area contributed by atoms with Gasteiger partial charge in [-0.25, -0.2) is 4.68 Å². The van der Waals surface area contributed by atoms with Crippen molar-refractivity contribution in [1.82, 2.24) is 20.1 Å². The SMILES string of the molecule is Cl.Cl.O=C(Nc1ccn(-c2ccncc2)n1)C1CC12CCNCC2. The number of carbonyl (C=O) groups excluding carboxylic acids is 1. The Morgan fingerprint density at radius 2 is 1.92 bits per heavy atom. The summed E-state index contributed by atoms with van der Waals surface area (Å²) in [5, 5.41) is 10.7. The Balaban J connectivity index is 0.00000104. The summed E-state index contributed by atoms with van der Waals surface area (Å²) < 4.78 is 1.74. The van der Waals surface area contributed by atoms with Crippen LogP contribution in [0.1, 0.15) is 19.3 Å². The number of nitrogens with zero attached hydrogens (tertiary/aromatic N) is 3. The van der Waals surface area contributed by atoms with Crippen molar-refractivity contribution in [2.24, 2.45) is 11.3 Å². The van der Waals surface area contributed by atoms with Crippen LogP contribution in [0.15, 0.2) is 36.8 Å². The summed E-state index contributed by atoms with van der Waals surface area (Å²) in [5.41, 5.74) is 1.18. The van der Waals surface area contributed by atoms with Gasteiger partial charge >= 0.3 is 0 Å². The number of hydrogen-bond donors (Lipinski definition) is 2. The molecule has 4 rings (SSSR count). The van der Waals surface area contributed by atoms with E-state index < -0.39 is 0 Å². The molecule has 2 aromatic rings. The Hall–Kier alpha value is -1.63. The Bertz CT molecular complexity index is 685. The second-order valence-corrected chi connectivity index (χ2v) is 6.21. The zero-order valence-corrected chi connectivity index (χ0v) is 14.8. The number of hydrogen-bond acceptors (Lipinski definition) is 4. The fraction of sp³-hybridized carbons (Fsp3) is 0.438. The minimum atomic E-state index is 0. The van der Waals surface area contributed by atoms with Crippen molar-refractivity contribution in [3.8, 4) is 5.69 Å². The number of carbonyl (C=O) groups is 1. The van der Waals surface area contributed by atoms with E-state index in [0.717, 1.165) is 38.0 Å². The fourth-order valence-corrected chi connectivity index (χ4v) is 3.44. The second-order valence-electron chi connectivity index (χ2n) is 6.21. The van der Waals surface area contributed by atoms with E-state index in [1.54, 1.807) is 17.1 Å². The number of piperidine rings is 1. The predicted octanol–water partition coefficient (Wildman–Crippen LogP) is 2.44. The van der Waals surface area contributed by atoms with Crippen LogP contribution in [-0.4, -0.2) is 33.8 Å². The van der Waals surface area contributed by atoms with Crippen LogP contribution in [0.3, 0.4) is 0 Å². The van der Waals surface area contributed by atoms with E-state index >= 15 is 0 Å². The lowest BCUT2D eigenvalue weighted by Gasteiger charge is -2.23. The Kier molecular flexibility index (Phi) is 5.85. The van der Waals surface area contributed by atoms with Crippen LogP contribution >= 0.6 is 24.8 Å². The number of amides is 1. The average Bonchev–Trinajstić information content (AvgIpc) is 3.04. The first-order chi connectivity index (χ1) is 10.8. The van der Waals surface area contributed by atoms with Gasteiger partial charge in [0.2, 0.25) is 5.91 Å². The standard InChI is InChI=1S/C16H19N5O.2ClH/c22-15(13-11-16(13)4-8-18-9-5-16)19-14-3-10-21(20-14)12-1-6-17-7-2-12;;/h1-3,6-7,10,13,18H,4-5,8-9,11H2,(H,19,20,22);2*1H.